The summed E-state index contributed by atoms with van der Waals surface area (Å²) in [7, 11) is 0. The monoisotopic (exact) mass is 409 g/mol. The van der Waals surface area contributed by atoms with Crippen molar-refractivity contribution in [2.75, 3.05) is 31.6 Å². The van der Waals surface area contributed by atoms with Gasteiger partial charge >= 0.3 is 6.18 Å². The maximum Gasteiger partial charge on any atom is 0.433 e. The van der Waals surface area contributed by atoms with Crippen LogP contribution < -0.4 is 5.32 Å². The first kappa shape index (κ1) is 21.0. The number of ether oxygens (including phenoxy) is 1. The van der Waals surface area contributed by atoms with E-state index in [9.17, 15) is 18.0 Å². The van der Waals surface area contributed by atoms with Crippen molar-refractivity contribution in [3.63, 3.8) is 0 Å². The average Bonchev–Trinajstić information content (AvgIpc) is 2.72. The van der Waals surface area contributed by atoms with Gasteiger partial charge in [0.15, 0.2) is 11.5 Å². The Balaban J connectivity index is 1.94. The molecule has 1 amide bonds. The van der Waals surface area contributed by atoms with E-state index in [1.165, 1.54) is 24.5 Å². The van der Waals surface area contributed by atoms with E-state index >= 15 is 0 Å². The Labute approximate surface area is 166 Å². The summed E-state index contributed by atoms with van der Waals surface area (Å²) < 4.78 is 45.4. The van der Waals surface area contributed by atoms with E-state index in [1.807, 2.05) is 13.8 Å². The number of hydrogen-bond donors (Lipinski definition) is 1. The fourth-order valence-electron chi connectivity index (χ4n) is 2.95. The Morgan fingerprint density at radius 1 is 1.17 bits per heavy atom. The summed E-state index contributed by atoms with van der Waals surface area (Å²) in [4.78, 5) is 26.3. The molecule has 1 atom stereocenters. The van der Waals surface area contributed by atoms with Crippen LogP contribution in [0.1, 0.15) is 19.5 Å². The first-order valence-electron chi connectivity index (χ1n) is 9.25. The number of morpholine rings is 1. The third kappa shape index (κ3) is 5.20. The van der Waals surface area contributed by atoms with Gasteiger partial charge in [0, 0.05) is 37.1 Å². The minimum absolute atomic E-state index is 0.0561. The quantitative estimate of drug-likeness (QED) is 0.818. The van der Waals surface area contributed by atoms with Gasteiger partial charge in [0.05, 0.1) is 13.2 Å². The van der Waals surface area contributed by atoms with Crippen LogP contribution in [0.5, 0.6) is 0 Å². The number of rotatable bonds is 5. The van der Waals surface area contributed by atoms with E-state index in [2.05, 4.69) is 20.3 Å². The largest absolute Gasteiger partial charge is 0.433 e. The minimum atomic E-state index is -4.65. The minimum Gasteiger partial charge on any atom is -0.378 e. The number of aromatic nitrogens is 3. The molecule has 0 bridgehead atoms. The third-order valence-corrected chi connectivity index (χ3v) is 4.51. The van der Waals surface area contributed by atoms with Crippen LogP contribution in [-0.4, -0.2) is 58.1 Å². The molecule has 0 spiro atoms. The average molecular weight is 409 g/mol. The molecular formula is C19H22F3N5O2. The molecule has 1 aliphatic heterocycles. The van der Waals surface area contributed by atoms with Crippen LogP contribution in [0.3, 0.4) is 0 Å². The van der Waals surface area contributed by atoms with Crippen molar-refractivity contribution in [2.24, 2.45) is 5.92 Å². The van der Waals surface area contributed by atoms with Crippen LogP contribution in [-0.2, 0) is 15.7 Å². The van der Waals surface area contributed by atoms with Crippen LogP contribution in [0, 0.1) is 5.92 Å². The number of alkyl halides is 3. The van der Waals surface area contributed by atoms with Crippen molar-refractivity contribution in [3.8, 4) is 11.4 Å². The van der Waals surface area contributed by atoms with Crippen LogP contribution in [0.15, 0.2) is 30.6 Å². The standard InChI is InChI=1S/C19H22F3N5O2/c1-12(2)16(18(28)27-7-9-29-10-8-27)25-15-11-14(19(20,21)22)24-17(26-15)13-3-5-23-6-4-13/h3-6,11-12,16H,7-10H2,1-2H3,(H,24,25,26). The van der Waals surface area contributed by atoms with Gasteiger partial charge in [0.2, 0.25) is 5.91 Å². The van der Waals surface area contributed by atoms with Gasteiger partial charge in [-0.3, -0.25) is 9.78 Å². The van der Waals surface area contributed by atoms with Crippen molar-refractivity contribution in [1.29, 1.82) is 0 Å². The van der Waals surface area contributed by atoms with E-state index in [-0.39, 0.29) is 23.5 Å². The molecule has 3 heterocycles. The molecule has 0 aromatic carbocycles. The predicted octanol–water partition coefficient (Wildman–Crippen LogP) is 2.85. The lowest BCUT2D eigenvalue weighted by molar-refractivity contribution is -0.141. The summed E-state index contributed by atoms with van der Waals surface area (Å²) in [5, 5.41) is 2.90. The Morgan fingerprint density at radius 3 is 2.41 bits per heavy atom. The second kappa shape index (κ2) is 8.73. The number of nitrogens with zero attached hydrogens (tertiary/aromatic N) is 4. The van der Waals surface area contributed by atoms with Gasteiger partial charge in [-0.2, -0.15) is 13.2 Å². The molecule has 29 heavy (non-hydrogen) atoms. The summed E-state index contributed by atoms with van der Waals surface area (Å²) in [5.74, 6) is -0.509. The molecule has 1 N–H and O–H groups in total. The summed E-state index contributed by atoms with van der Waals surface area (Å²) in [5.41, 5.74) is -0.683. The Hall–Kier alpha value is -2.75. The number of amides is 1. The van der Waals surface area contributed by atoms with Gasteiger partial charge in [0.25, 0.3) is 0 Å². The fourth-order valence-corrected chi connectivity index (χ4v) is 2.95. The summed E-state index contributed by atoms with van der Waals surface area (Å²) in [6.07, 6.45) is -1.75. The van der Waals surface area contributed by atoms with Crippen molar-refractivity contribution in [1.82, 2.24) is 19.9 Å². The van der Waals surface area contributed by atoms with Crippen molar-refractivity contribution in [3.05, 3.63) is 36.3 Å². The smallest absolute Gasteiger partial charge is 0.378 e. The van der Waals surface area contributed by atoms with Gasteiger partial charge in [-0.05, 0) is 18.1 Å². The zero-order valence-electron chi connectivity index (χ0n) is 16.1. The van der Waals surface area contributed by atoms with Crippen molar-refractivity contribution in [2.45, 2.75) is 26.1 Å². The number of anilines is 1. The van der Waals surface area contributed by atoms with Gasteiger partial charge in [-0.25, -0.2) is 9.97 Å². The number of nitrogens with one attached hydrogen (secondary N) is 1. The molecule has 1 unspecified atom stereocenters. The third-order valence-electron chi connectivity index (χ3n) is 4.51. The molecule has 2 aromatic heterocycles. The summed E-state index contributed by atoms with van der Waals surface area (Å²) >= 11 is 0. The topological polar surface area (TPSA) is 80.2 Å². The van der Waals surface area contributed by atoms with Gasteiger partial charge in [-0.15, -0.1) is 0 Å². The maximum absolute atomic E-state index is 13.4. The highest BCUT2D eigenvalue weighted by atomic mass is 19.4. The highest BCUT2D eigenvalue weighted by Gasteiger charge is 2.35. The number of pyridine rings is 1. The Bertz CT molecular complexity index is 839. The van der Waals surface area contributed by atoms with Gasteiger partial charge in [-0.1, -0.05) is 13.8 Å². The molecule has 0 saturated carbocycles. The molecule has 1 saturated heterocycles. The zero-order valence-corrected chi connectivity index (χ0v) is 16.1. The molecule has 10 heteroatoms. The SMILES string of the molecule is CC(C)C(Nc1cc(C(F)(F)F)nc(-c2ccncc2)n1)C(=O)N1CCOCC1. The van der Waals surface area contributed by atoms with Crippen molar-refractivity contribution >= 4 is 11.7 Å². The van der Waals surface area contributed by atoms with Gasteiger partial charge in [0.1, 0.15) is 11.9 Å². The van der Waals surface area contributed by atoms with Crippen LogP contribution in [0.25, 0.3) is 11.4 Å². The van der Waals surface area contributed by atoms with E-state index in [0.29, 0.717) is 31.9 Å². The van der Waals surface area contributed by atoms with E-state index < -0.39 is 17.9 Å². The molecule has 1 fully saturated rings. The normalized spacial score (nSPS) is 16.0. The van der Waals surface area contributed by atoms with Crippen molar-refractivity contribution < 1.29 is 22.7 Å². The van der Waals surface area contributed by atoms with E-state index in [1.54, 1.807) is 4.90 Å². The first-order chi connectivity index (χ1) is 13.8. The summed E-state index contributed by atoms with van der Waals surface area (Å²) in [6, 6.07) is 3.15. The first-order valence-corrected chi connectivity index (χ1v) is 9.25. The lowest BCUT2D eigenvalue weighted by Crippen LogP contribution is -2.50. The summed E-state index contributed by atoms with van der Waals surface area (Å²) in [6.45, 7) is 5.42. The number of carbonyl (C=O) groups excluding carboxylic acids is 1. The van der Waals surface area contributed by atoms with Gasteiger partial charge < -0.3 is 15.0 Å². The maximum atomic E-state index is 13.4. The number of halogens is 3. The molecule has 0 aliphatic carbocycles. The van der Waals surface area contributed by atoms with E-state index in [4.69, 9.17) is 4.74 Å². The van der Waals surface area contributed by atoms with Crippen LogP contribution in [0.4, 0.5) is 19.0 Å². The van der Waals surface area contributed by atoms with Crippen LogP contribution >= 0.6 is 0 Å². The fraction of sp³-hybridized carbons (Fsp3) is 0.474. The predicted molar refractivity (Wildman–Crippen MR) is 99.9 cm³/mol. The number of carbonyl (C=O) groups is 1. The second-order valence-electron chi connectivity index (χ2n) is 7.00. The lowest BCUT2D eigenvalue weighted by atomic mass is 10.0. The Kier molecular flexibility index (Phi) is 6.31. The Morgan fingerprint density at radius 2 is 1.83 bits per heavy atom. The van der Waals surface area contributed by atoms with E-state index in [0.717, 1.165) is 6.07 Å². The molecular weight excluding hydrogens is 387 g/mol. The highest BCUT2D eigenvalue weighted by molar-refractivity contribution is 5.85. The molecule has 1 aliphatic rings. The molecule has 0 radical (unpaired) electrons. The molecule has 156 valence electrons. The lowest BCUT2D eigenvalue weighted by Gasteiger charge is -2.32. The molecule has 2 aromatic rings. The number of hydrogen-bond acceptors (Lipinski definition) is 6. The molecule has 3 rings (SSSR count). The van der Waals surface area contributed by atoms with Crippen LogP contribution in [0.2, 0.25) is 0 Å². The zero-order chi connectivity index (χ0) is 21.0. The highest BCUT2D eigenvalue weighted by Crippen LogP contribution is 2.31. The molecule has 7 nitrogen and oxygen atoms in total. The second-order valence-corrected chi connectivity index (χ2v) is 7.00.